The topological polar surface area (TPSA) is 43.1 Å². The van der Waals surface area contributed by atoms with Gasteiger partial charge in [-0.15, -0.1) is 11.8 Å². The average molecular weight is 219 g/mol. The Labute approximate surface area is 91.5 Å². The van der Waals surface area contributed by atoms with Crippen LogP contribution in [0.25, 0.3) is 0 Å². The number of nitrogens with zero attached hydrogens (tertiary/aromatic N) is 1. The molecule has 0 bridgehead atoms. The van der Waals surface area contributed by atoms with Crippen LogP contribution in [0.3, 0.4) is 0 Å². The zero-order valence-corrected chi connectivity index (χ0v) is 8.74. The maximum Gasteiger partial charge on any atom is 0.208 e. The molecule has 0 aliphatic heterocycles. The summed E-state index contributed by atoms with van der Waals surface area (Å²) in [5, 5.41) is 0. The summed E-state index contributed by atoms with van der Waals surface area (Å²) in [5.41, 5.74) is 0. The smallest absolute Gasteiger partial charge is 0.208 e. The normalized spacial score (nSPS) is 10.1. The minimum absolute atomic E-state index is 0.00168. The molecule has 0 saturated carbocycles. The molecule has 0 aromatic carbocycles. The third-order valence-electron chi connectivity index (χ3n) is 1.82. The van der Waals surface area contributed by atoms with E-state index in [9.17, 15) is 4.79 Å². The lowest BCUT2D eigenvalue weighted by molar-refractivity contribution is 0.0992. The molecular weight excluding hydrogens is 210 g/mol. The number of rotatable bonds is 4. The molecular formula is C11H9NO2S. The first-order chi connectivity index (χ1) is 7.36. The number of ketones is 1. The van der Waals surface area contributed by atoms with Crippen LogP contribution in [0.1, 0.15) is 10.6 Å². The van der Waals surface area contributed by atoms with Gasteiger partial charge in [0.1, 0.15) is 0 Å². The average Bonchev–Trinajstić information content (AvgIpc) is 2.81. The molecule has 0 aliphatic carbocycles. The van der Waals surface area contributed by atoms with E-state index in [4.69, 9.17) is 4.42 Å². The van der Waals surface area contributed by atoms with E-state index >= 15 is 0 Å². The van der Waals surface area contributed by atoms with Crippen molar-refractivity contribution in [3.05, 3.63) is 48.7 Å². The van der Waals surface area contributed by atoms with Crippen molar-refractivity contribution in [1.29, 1.82) is 0 Å². The zero-order chi connectivity index (χ0) is 10.5. The van der Waals surface area contributed by atoms with Gasteiger partial charge in [0.05, 0.1) is 12.0 Å². The highest BCUT2D eigenvalue weighted by atomic mass is 32.2. The van der Waals surface area contributed by atoms with Gasteiger partial charge in [0.25, 0.3) is 0 Å². The summed E-state index contributed by atoms with van der Waals surface area (Å²) in [7, 11) is 0. The van der Waals surface area contributed by atoms with E-state index in [0.29, 0.717) is 11.5 Å². The Balaban J connectivity index is 1.92. The van der Waals surface area contributed by atoms with Gasteiger partial charge in [-0.05, 0) is 24.3 Å². The standard InChI is InChI=1S/C11H9NO2S/c13-10(11-2-1-7-14-11)8-15-9-3-5-12-6-4-9/h1-7H,8H2. The number of Topliss-reactive ketones (excluding diaryl/α,β-unsaturated/α-hetero) is 1. The van der Waals surface area contributed by atoms with Gasteiger partial charge < -0.3 is 4.42 Å². The maximum absolute atomic E-state index is 11.5. The van der Waals surface area contributed by atoms with E-state index in [-0.39, 0.29) is 5.78 Å². The monoisotopic (exact) mass is 219 g/mol. The summed E-state index contributed by atoms with van der Waals surface area (Å²) in [4.78, 5) is 16.5. The number of aromatic nitrogens is 1. The second-order valence-electron chi connectivity index (χ2n) is 2.87. The number of thioether (sulfide) groups is 1. The third-order valence-corrected chi connectivity index (χ3v) is 2.83. The molecule has 0 amide bonds. The van der Waals surface area contributed by atoms with Gasteiger partial charge >= 0.3 is 0 Å². The SMILES string of the molecule is O=C(CSc1ccncc1)c1ccco1. The Morgan fingerprint density at radius 2 is 2.13 bits per heavy atom. The van der Waals surface area contributed by atoms with Crippen molar-refractivity contribution in [2.75, 3.05) is 5.75 Å². The predicted octanol–water partition coefficient (Wildman–Crippen LogP) is 2.65. The highest BCUT2D eigenvalue weighted by molar-refractivity contribution is 8.00. The molecule has 2 rings (SSSR count). The molecule has 0 aliphatic rings. The van der Waals surface area contributed by atoms with E-state index in [1.807, 2.05) is 12.1 Å². The number of carbonyl (C=O) groups excluding carboxylic acids is 1. The van der Waals surface area contributed by atoms with Gasteiger partial charge in [-0.3, -0.25) is 9.78 Å². The van der Waals surface area contributed by atoms with Gasteiger partial charge in [0, 0.05) is 17.3 Å². The summed E-state index contributed by atoms with van der Waals surface area (Å²) < 4.78 is 5.01. The summed E-state index contributed by atoms with van der Waals surface area (Å²) in [6, 6.07) is 7.14. The number of hydrogen-bond donors (Lipinski definition) is 0. The lowest BCUT2D eigenvalue weighted by atomic mass is 10.3. The molecule has 0 radical (unpaired) electrons. The van der Waals surface area contributed by atoms with Crippen molar-refractivity contribution >= 4 is 17.5 Å². The van der Waals surface area contributed by atoms with Gasteiger partial charge in [-0.2, -0.15) is 0 Å². The van der Waals surface area contributed by atoms with E-state index in [0.717, 1.165) is 4.90 Å². The second kappa shape index (κ2) is 4.79. The van der Waals surface area contributed by atoms with Gasteiger partial charge in [0.2, 0.25) is 5.78 Å². The van der Waals surface area contributed by atoms with Crippen molar-refractivity contribution in [2.24, 2.45) is 0 Å². The Bertz CT molecular complexity index is 425. The van der Waals surface area contributed by atoms with Crippen LogP contribution in [0.15, 0.2) is 52.2 Å². The van der Waals surface area contributed by atoms with E-state index in [1.54, 1.807) is 24.5 Å². The Kier molecular flexibility index (Phi) is 3.19. The van der Waals surface area contributed by atoms with Crippen LogP contribution in [-0.2, 0) is 0 Å². The lowest BCUT2D eigenvalue weighted by Gasteiger charge is -1.98. The van der Waals surface area contributed by atoms with Crippen LogP contribution in [0.4, 0.5) is 0 Å². The molecule has 2 aromatic heterocycles. The molecule has 3 nitrogen and oxygen atoms in total. The fourth-order valence-electron chi connectivity index (χ4n) is 1.09. The van der Waals surface area contributed by atoms with Crippen molar-refractivity contribution < 1.29 is 9.21 Å². The second-order valence-corrected chi connectivity index (χ2v) is 3.92. The molecule has 0 unspecified atom stereocenters. The Morgan fingerprint density at radius 1 is 1.33 bits per heavy atom. The lowest BCUT2D eigenvalue weighted by Crippen LogP contribution is -1.99. The highest BCUT2D eigenvalue weighted by Gasteiger charge is 2.08. The van der Waals surface area contributed by atoms with Crippen LogP contribution >= 0.6 is 11.8 Å². The summed E-state index contributed by atoms with van der Waals surface area (Å²) in [6.45, 7) is 0. The summed E-state index contributed by atoms with van der Waals surface area (Å²) in [5.74, 6) is 0.802. The van der Waals surface area contributed by atoms with Crippen LogP contribution in [0.5, 0.6) is 0 Å². The zero-order valence-electron chi connectivity index (χ0n) is 7.92. The number of furan rings is 1. The first-order valence-electron chi connectivity index (χ1n) is 4.46. The van der Waals surface area contributed by atoms with Crippen LogP contribution in [0.2, 0.25) is 0 Å². The van der Waals surface area contributed by atoms with Gasteiger partial charge in [0.15, 0.2) is 5.76 Å². The Morgan fingerprint density at radius 3 is 2.80 bits per heavy atom. The van der Waals surface area contributed by atoms with Gasteiger partial charge in [-0.25, -0.2) is 0 Å². The van der Waals surface area contributed by atoms with Crippen LogP contribution < -0.4 is 0 Å². The van der Waals surface area contributed by atoms with Crippen molar-refractivity contribution in [1.82, 2.24) is 4.98 Å². The fraction of sp³-hybridized carbons (Fsp3) is 0.0909. The van der Waals surface area contributed by atoms with Gasteiger partial charge in [-0.1, -0.05) is 0 Å². The first-order valence-corrected chi connectivity index (χ1v) is 5.44. The molecule has 2 heterocycles. The van der Waals surface area contributed by atoms with E-state index in [1.165, 1.54) is 18.0 Å². The molecule has 0 N–H and O–H groups in total. The van der Waals surface area contributed by atoms with E-state index < -0.39 is 0 Å². The minimum Gasteiger partial charge on any atom is -0.461 e. The third kappa shape index (κ3) is 2.70. The molecule has 2 aromatic rings. The molecule has 0 spiro atoms. The number of pyridine rings is 1. The molecule has 15 heavy (non-hydrogen) atoms. The fourth-order valence-corrected chi connectivity index (χ4v) is 1.85. The minimum atomic E-state index is 0.00168. The van der Waals surface area contributed by atoms with Crippen molar-refractivity contribution in [3.63, 3.8) is 0 Å². The maximum atomic E-state index is 11.5. The highest BCUT2D eigenvalue weighted by Crippen LogP contribution is 2.17. The summed E-state index contributed by atoms with van der Waals surface area (Å²) >= 11 is 1.48. The van der Waals surface area contributed by atoms with E-state index in [2.05, 4.69) is 4.98 Å². The van der Waals surface area contributed by atoms with Crippen LogP contribution in [-0.4, -0.2) is 16.5 Å². The number of carbonyl (C=O) groups is 1. The van der Waals surface area contributed by atoms with Crippen molar-refractivity contribution in [2.45, 2.75) is 4.90 Å². The molecule has 0 fully saturated rings. The molecule has 0 atom stereocenters. The molecule has 76 valence electrons. The molecule has 0 saturated heterocycles. The predicted molar refractivity (Wildman–Crippen MR) is 58.0 cm³/mol. The summed E-state index contributed by atoms with van der Waals surface area (Å²) in [6.07, 6.45) is 4.92. The molecule has 4 heteroatoms. The first kappa shape index (κ1) is 9.98. The largest absolute Gasteiger partial charge is 0.461 e. The van der Waals surface area contributed by atoms with Crippen molar-refractivity contribution in [3.8, 4) is 0 Å². The van der Waals surface area contributed by atoms with Crippen LogP contribution in [0, 0.1) is 0 Å². The number of hydrogen-bond acceptors (Lipinski definition) is 4. The Hall–Kier alpha value is -1.55. The quantitative estimate of drug-likeness (QED) is 0.585.